The molecule has 3 aliphatic heterocycles. The molecule has 46 heavy (non-hydrogen) atoms. The van der Waals surface area contributed by atoms with E-state index in [1.807, 2.05) is 34.9 Å². The van der Waals surface area contributed by atoms with E-state index < -0.39 is 10.0 Å². The molecule has 7 rings (SSSR count). The minimum absolute atomic E-state index is 0.0000408. The molecule has 0 spiro atoms. The van der Waals surface area contributed by atoms with Gasteiger partial charge in [-0.15, -0.1) is 0 Å². The molecule has 1 amide bonds. The van der Waals surface area contributed by atoms with Crippen molar-refractivity contribution in [1.29, 1.82) is 0 Å². The number of carbonyl (C=O) groups excluding carboxylic acids is 1. The lowest BCUT2D eigenvalue weighted by molar-refractivity contribution is 0.0954. The van der Waals surface area contributed by atoms with Crippen LogP contribution in [0.25, 0.3) is 0 Å². The minimum Gasteiger partial charge on any atom is -0.486 e. The fourth-order valence-corrected chi connectivity index (χ4v) is 7.80. The van der Waals surface area contributed by atoms with Crippen LogP contribution in [0.15, 0.2) is 88.6 Å². The van der Waals surface area contributed by atoms with Crippen molar-refractivity contribution in [3.8, 4) is 11.5 Å². The standard InChI is InChI=1S/C34H33ClN4O6S/c35-26-7-4-22(5-8-26)12-13-36-34(41)24-6-10-30(38-19-23-16-25(21-38)29-2-1-3-33(40)39(29)20-23)28(17-24)37-46(42,43)27-9-11-31-32(18-27)45-15-14-44-31/h1-11,17-18,23,25,37H,12-16,19-21H2,(H,36,41). The third-order valence-electron chi connectivity index (χ3n) is 8.76. The van der Waals surface area contributed by atoms with E-state index in [0.29, 0.717) is 79.3 Å². The maximum atomic E-state index is 13.8. The summed E-state index contributed by atoms with van der Waals surface area (Å²) in [6.07, 6.45) is 1.57. The lowest BCUT2D eigenvalue weighted by Crippen LogP contribution is -2.47. The Morgan fingerprint density at radius 2 is 1.72 bits per heavy atom. The van der Waals surface area contributed by atoms with Crippen LogP contribution in [-0.4, -0.2) is 51.7 Å². The summed E-state index contributed by atoms with van der Waals surface area (Å²) in [4.78, 5) is 28.0. The number of pyridine rings is 1. The van der Waals surface area contributed by atoms with Crippen LogP contribution in [-0.2, 0) is 23.0 Å². The Morgan fingerprint density at radius 3 is 2.54 bits per heavy atom. The lowest BCUT2D eigenvalue weighted by Gasteiger charge is -2.44. The number of rotatable bonds is 8. The molecule has 2 bridgehead atoms. The second-order valence-corrected chi connectivity index (χ2v) is 14.0. The van der Waals surface area contributed by atoms with Crippen LogP contribution in [0.1, 0.15) is 34.0 Å². The van der Waals surface area contributed by atoms with Gasteiger partial charge in [0.25, 0.3) is 21.5 Å². The molecule has 2 unspecified atom stereocenters. The van der Waals surface area contributed by atoms with Crippen molar-refractivity contribution in [3.63, 3.8) is 0 Å². The first-order valence-electron chi connectivity index (χ1n) is 15.3. The maximum absolute atomic E-state index is 13.8. The molecule has 1 aromatic heterocycles. The van der Waals surface area contributed by atoms with Gasteiger partial charge in [0, 0.05) is 60.5 Å². The van der Waals surface area contributed by atoms with Crippen LogP contribution in [0, 0.1) is 5.92 Å². The van der Waals surface area contributed by atoms with Gasteiger partial charge in [-0.3, -0.25) is 14.3 Å². The Bertz CT molecular complexity index is 1960. The van der Waals surface area contributed by atoms with Crippen LogP contribution >= 0.6 is 11.6 Å². The number of carbonyl (C=O) groups is 1. The SMILES string of the molecule is O=C(NCCc1ccc(Cl)cc1)c1ccc(N2CC3CC(C2)c2cccc(=O)n2C3)c(NS(=O)(=O)c2ccc3c(c2)OCCO3)c1. The zero-order valence-electron chi connectivity index (χ0n) is 24.9. The van der Waals surface area contributed by atoms with Crippen molar-refractivity contribution in [2.45, 2.75) is 30.2 Å². The molecule has 10 nitrogen and oxygen atoms in total. The third kappa shape index (κ3) is 6.17. The van der Waals surface area contributed by atoms with Gasteiger partial charge in [-0.2, -0.15) is 0 Å². The number of hydrogen-bond donors (Lipinski definition) is 2. The molecule has 4 heterocycles. The topological polar surface area (TPSA) is 119 Å². The number of anilines is 2. The maximum Gasteiger partial charge on any atom is 0.262 e. The number of ether oxygens (including phenoxy) is 2. The predicted octanol–water partition coefficient (Wildman–Crippen LogP) is 4.67. The highest BCUT2D eigenvalue weighted by molar-refractivity contribution is 7.92. The Hall–Kier alpha value is -4.48. The van der Waals surface area contributed by atoms with Crippen molar-refractivity contribution in [2.24, 2.45) is 5.92 Å². The number of fused-ring (bicyclic) bond motifs is 5. The Labute approximate surface area is 272 Å². The molecule has 238 valence electrons. The first kappa shape index (κ1) is 30.2. The molecule has 2 atom stereocenters. The average Bonchev–Trinajstić information content (AvgIpc) is 3.05. The van der Waals surface area contributed by atoms with Crippen molar-refractivity contribution in [3.05, 3.63) is 111 Å². The molecule has 0 saturated carbocycles. The summed E-state index contributed by atoms with van der Waals surface area (Å²) in [7, 11) is -4.08. The molecule has 3 aliphatic rings. The van der Waals surface area contributed by atoms with E-state index in [1.165, 1.54) is 12.1 Å². The fraction of sp³-hybridized carbons (Fsp3) is 0.294. The van der Waals surface area contributed by atoms with E-state index in [0.717, 1.165) is 17.7 Å². The summed E-state index contributed by atoms with van der Waals surface area (Å²) in [5, 5.41) is 3.59. The first-order chi connectivity index (χ1) is 22.2. The molecule has 1 saturated heterocycles. The summed E-state index contributed by atoms with van der Waals surface area (Å²) in [5.74, 6) is 0.858. The molecular weight excluding hydrogens is 628 g/mol. The Balaban J connectivity index is 1.18. The van der Waals surface area contributed by atoms with E-state index in [2.05, 4.69) is 14.9 Å². The van der Waals surface area contributed by atoms with Gasteiger partial charge in [0.05, 0.1) is 16.3 Å². The molecule has 1 fully saturated rings. The van der Waals surface area contributed by atoms with Crippen LogP contribution < -0.4 is 30.0 Å². The second kappa shape index (κ2) is 12.4. The van der Waals surface area contributed by atoms with Crippen molar-refractivity contribution in [1.82, 2.24) is 9.88 Å². The van der Waals surface area contributed by atoms with Gasteiger partial charge in [0.15, 0.2) is 11.5 Å². The summed E-state index contributed by atoms with van der Waals surface area (Å²) in [6.45, 7) is 2.97. The Kier molecular flexibility index (Phi) is 8.12. The zero-order valence-corrected chi connectivity index (χ0v) is 26.5. The van der Waals surface area contributed by atoms with E-state index in [4.69, 9.17) is 21.1 Å². The van der Waals surface area contributed by atoms with Gasteiger partial charge in [0.1, 0.15) is 13.2 Å². The number of piperidine rings is 1. The number of amides is 1. The lowest BCUT2D eigenvalue weighted by atomic mass is 9.83. The first-order valence-corrected chi connectivity index (χ1v) is 17.1. The van der Waals surface area contributed by atoms with Crippen molar-refractivity contribution in [2.75, 3.05) is 42.5 Å². The van der Waals surface area contributed by atoms with Crippen molar-refractivity contribution < 1.29 is 22.7 Å². The van der Waals surface area contributed by atoms with Crippen LogP contribution in [0.2, 0.25) is 5.02 Å². The van der Waals surface area contributed by atoms with Crippen LogP contribution in [0.3, 0.4) is 0 Å². The normalized spacial score (nSPS) is 18.4. The fourth-order valence-electron chi connectivity index (χ4n) is 6.60. The quantitative estimate of drug-likeness (QED) is 0.282. The van der Waals surface area contributed by atoms with Gasteiger partial charge < -0.3 is 24.3 Å². The summed E-state index contributed by atoms with van der Waals surface area (Å²) in [5.41, 5.74) is 3.32. The van der Waals surface area contributed by atoms with Crippen molar-refractivity contribution >= 4 is 38.9 Å². The largest absolute Gasteiger partial charge is 0.486 e. The van der Waals surface area contributed by atoms with E-state index in [-0.39, 0.29) is 28.2 Å². The number of nitrogens with zero attached hydrogens (tertiary/aromatic N) is 2. The number of hydrogen-bond acceptors (Lipinski definition) is 7. The van der Waals surface area contributed by atoms with Gasteiger partial charge in [-0.05, 0) is 72.9 Å². The van der Waals surface area contributed by atoms with Crippen LogP contribution in [0.5, 0.6) is 11.5 Å². The average molecular weight is 661 g/mol. The summed E-state index contributed by atoms with van der Waals surface area (Å²) < 4.78 is 43.4. The zero-order chi connectivity index (χ0) is 31.8. The number of halogens is 1. The van der Waals surface area contributed by atoms with Crippen LogP contribution in [0.4, 0.5) is 11.4 Å². The summed E-state index contributed by atoms with van der Waals surface area (Å²) >= 11 is 5.98. The van der Waals surface area contributed by atoms with E-state index in [1.54, 1.807) is 36.4 Å². The highest BCUT2D eigenvalue weighted by Gasteiger charge is 2.35. The van der Waals surface area contributed by atoms with E-state index in [9.17, 15) is 18.0 Å². The highest BCUT2D eigenvalue weighted by Crippen LogP contribution is 2.40. The molecular formula is C34H33ClN4O6S. The minimum atomic E-state index is -4.08. The molecule has 4 aromatic rings. The number of sulfonamides is 1. The number of aromatic nitrogens is 1. The van der Waals surface area contributed by atoms with E-state index >= 15 is 0 Å². The third-order valence-corrected chi connectivity index (χ3v) is 10.4. The molecule has 12 heteroatoms. The smallest absolute Gasteiger partial charge is 0.262 e. The second-order valence-electron chi connectivity index (χ2n) is 11.9. The number of nitrogens with one attached hydrogen (secondary N) is 2. The van der Waals surface area contributed by atoms with Gasteiger partial charge in [0.2, 0.25) is 0 Å². The van der Waals surface area contributed by atoms with Gasteiger partial charge in [-0.1, -0.05) is 29.8 Å². The van der Waals surface area contributed by atoms with Gasteiger partial charge >= 0.3 is 0 Å². The number of benzene rings is 3. The highest BCUT2D eigenvalue weighted by atomic mass is 35.5. The predicted molar refractivity (Wildman–Crippen MR) is 176 cm³/mol. The molecule has 2 N–H and O–H groups in total. The molecule has 0 aliphatic carbocycles. The molecule has 0 radical (unpaired) electrons. The monoisotopic (exact) mass is 660 g/mol. The molecule has 3 aromatic carbocycles. The van der Waals surface area contributed by atoms with Gasteiger partial charge in [-0.25, -0.2) is 8.42 Å². The summed E-state index contributed by atoms with van der Waals surface area (Å²) in [6, 6.07) is 22.4. The Morgan fingerprint density at radius 1 is 0.913 bits per heavy atom.